The van der Waals surface area contributed by atoms with Gasteiger partial charge in [-0.1, -0.05) is 39.5 Å². The van der Waals surface area contributed by atoms with Crippen molar-refractivity contribution in [3.8, 4) is 0 Å². The van der Waals surface area contributed by atoms with Gasteiger partial charge in [0.15, 0.2) is 0 Å². The van der Waals surface area contributed by atoms with Gasteiger partial charge in [0.2, 0.25) is 0 Å². The fourth-order valence-corrected chi connectivity index (χ4v) is 0.522. The quantitative estimate of drug-likeness (QED) is 0.640. The first kappa shape index (κ1) is 13.6. The highest BCUT2D eigenvalue weighted by Crippen LogP contribution is 2.04. The third kappa shape index (κ3) is 7.13. The van der Waals surface area contributed by atoms with Crippen molar-refractivity contribution in [3.63, 3.8) is 0 Å². The van der Waals surface area contributed by atoms with Gasteiger partial charge in [-0.05, 0) is 25.0 Å². The molecule has 0 aromatic rings. The molecule has 0 saturated heterocycles. The van der Waals surface area contributed by atoms with Crippen LogP contribution in [0.4, 0.5) is 0 Å². The van der Waals surface area contributed by atoms with Crippen molar-refractivity contribution in [1.82, 2.24) is 0 Å². The summed E-state index contributed by atoms with van der Waals surface area (Å²) in [4.78, 5) is 0. The first-order chi connectivity index (χ1) is 5.72. The molecule has 1 heteroatoms. The average molecular weight is 167 g/mol. The van der Waals surface area contributed by atoms with Crippen molar-refractivity contribution < 1.29 is 0 Å². The molecule has 0 radical (unpaired) electrons. The second-order valence-corrected chi connectivity index (χ2v) is 2.10. The summed E-state index contributed by atoms with van der Waals surface area (Å²) in [6, 6.07) is 0. The topological polar surface area (TPSA) is 26.0 Å². The number of rotatable bonds is 3. The van der Waals surface area contributed by atoms with E-state index in [-0.39, 0.29) is 0 Å². The molecule has 0 aliphatic carbocycles. The lowest BCUT2D eigenvalue weighted by atomic mass is 10.1. The van der Waals surface area contributed by atoms with Gasteiger partial charge in [0.05, 0.1) is 0 Å². The SMILES string of the molecule is C=C(CC)/C(N)=C\C=C/C.CC. The van der Waals surface area contributed by atoms with Gasteiger partial charge in [-0.3, -0.25) is 0 Å². The second kappa shape index (κ2) is 10.0. The van der Waals surface area contributed by atoms with Crippen LogP contribution in [0.5, 0.6) is 0 Å². The fourth-order valence-electron chi connectivity index (χ4n) is 0.522. The Bertz CT molecular complexity index is 164. The van der Waals surface area contributed by atoms with E-state index >= 15 is 0 Å². The van der Waals surface area contributed by atoms with E-state index < -0.39 is 0 Å². The Balaban J connectivity index is 0. The standard InChI is InChI=1S/C9H15N.C2H6/c1-4-6-7-9(10)8(3)5-2;1-2/h4,6-7H,3,5,10H2,1-2H3;1-2H3/b6-4-,9-7+;. The average Bonchev–Trinajstić information content (AvgIpc) is 2.16. The molecule has 0 aromatic carbocycles. The Morgan fingerprint density at radius 1 is 1.42 bits per heavy atom. The van der Waals surface area contributed by atoms with E-state index in [4.69, 9.17) is 5.73 Å². The lowest BCUT2D eigenvalue weighted by Crippen LogP contribution is -1.98. The number of hydrogen-bond donors (Lipinski definition) is 1. The summed E-state index contributed by atoms with van der Waals surface area (Å²) in [6.45, 7) is 11.8. The van der Waals surface area contributed by atoms with E-state index in [1.54, 1.807) is 0 Å². The minimum Gasteiger partial charge on any atom is -0.399 e. The van der Waals surface area contributed by atoms with Crippen molar-refractivity contribution in [2.75, 3.05) is 0 Å². The van der Waals surface area contributed by atoms with E-state index in [0.29, 0.717) is 0 Å². The first-order valence-corrected chi connectivity index (χ1v) is 4.49. The van der Waals surface area contributed by atoms with Crippen LogP contribution in [0.3, 0.4) is 0 Å². The molecule has 0 atom stereocenters. The molecule has 0 aromatic heterocycles. The summed E-state index contributed by atoms with van der Waals surface area (Å²) in [5.41, 5.74) is 7.40. The van der Waals surface area contributed by atoms with Crippen LogP contribution in [0.2, 0.25) is 0 Å². The Hall–Kier alpha value is -0.980. The van der Waals surface area contributed by atoms with Gasteiger partial charge in [-0.2, -0.15) is 0 Å². The Morgan fingerprint density at radius 3 is 2.25 bits per heavy atom. The van der Waals surface area contributed by atoms with Crippen molar-refractivity contribution in [2.24, 2.45) is 5.73 Å². The van der Waals surface area contributed by atoms with E-state index in [1.807, 2.05) is 45.9 Å². The normalized spacial score (nSPS) is 10.8. The second-order valence-electron chi connectivity index (χ2n) is 2.10. The van der Waals surface area contributed by atoms with Crippen LogP contribution < -0.4 is 5.73 Å². The zero-order chi connectivity index (χ0) is 9.98. The van der Waals surface area contributed by atoms with Gasteiger partial charge in [0.1, 0.15) is 0 Å². The maximum atomic E-state index is 5.62. The molecule has 0 spiro atoms. The predicted molar refractivity (Wildman–Crippen MR) is 57.9 cm³/mol. The lowest BCUT2D eigenvalue weighted by Gasteiger charge is -1.98. The van der Waals surface area contributed by atoms with Crippen molar-refractivity contribution in [3.05, 3.63) is 36.1 Å². The summed E-state index contributed by atoms with van der Waals surface area (Å²) >= 11 is 0. The van der Waals surface area contributed by atoms with Crippen molar-refractivity contribution in [1.29, 1.82) is 0 Å². The smallest absolute Gasteiger partial charge is 0.0340 e. The highest BCUT2D eigenvalue weighted by Gasteiger charge is 1.90. The Morgan fingerprint density at radius 2 is 1.92 bits per heavy atom. The summed E-state index contributed by atoms with van der Waals surface area (Å²) < 4.78 is 0. The predicted octanol–water partition coefficient (Wildman–Crippen LogP) is 3.40. The molecule has 0 aliphatic heterocycles. The summed E-state index contributed by atoms with van der Waals surface area (Å²) in [5.74, 6) is 0. The third-order valence-corrected chi connectivity index (χ3v) is 1.30. The molecule has 0 unspecified atom stereocenters. The van der Waals surface area contributed by atoms with Crippen LogP contribution in [0, 0.1) is 0 Å². The molecule has 2 N–H and O–H groups in total. The van der Waals surface area contributed by atoms with Gasteiger partial charge >= 0.3 is 0 Å². The van der Waals surface area contributed by atoms with Crippen molar-refractivity contribution >= 4 is 0 Å². The highest BCUT2D eigenvalue weighted by molar-refractivity contribution is 5.27. The molecule has 0 bridgehead atoms. The lowest BCUT2D eigenvalue weighted by molar-refractivity contribution is 1.10. The third-order valence-electron chi connectivity index (χ3n) is 1.30. The maximum Gasteiger partial charge on any atom is 0.0340 e. The number of allylic oxidation sites excluding steroid dienone is 4. The largest absolute Gasteiger partial charge is 0.399 e. The molecular weight excluding hydrogens is 146 g/mol. The zero-order valence-corrected chi connectivity index (χ0v) is 8.72. The highest BCUT2D eigenvalue weighted by atomic mass is 14.6. The van der Waals surface area contributed by atoms with E-state index in [1.165, 1.54) is 0 Å². The summed E-state index contributed by atoms with van der Waals surface area (Å²) in [6.07, 6.45) is 6.64. The Kier molecular flexibility index (Phi) is 11.4. The van der Waals surface area contributed by atoms with Crippen molar-refractivity contribution in [2.45, 2.75) is 34.1 Å². The Labute approximate surface area is 76.7 Å². The molecule has 12 heavy (non-hydrogen) atoms. The monoisotopic (exact) mass is 167 g/mol. The van der Waals surface area contributed by atoms with Gasteiger partial charge < -0.3 is 5.73 Å². The van der Waals surface area contributed by atoms with Crippen LogP contribution in [-0.4, -0.2) is 0 Å². The van der Waals surface area contributed by atoms with Gasteiger partial charge in [-0.25, -0.2) is 0 Å². The number of hydrogen-bond acceptors (Lipinski definition) is 1. The minimum absolute atomic E-state index is 0.778. The molecule has 0 rings (SSSR count). The molecule has 1 nitrogen and oxygen atoms in total. The van der Waals surface area contributed by atoms with Gasteiger partial charge in [-0.15, -0.1) is 0 Å². The molecule has 0 saturated carbocycles. The minimum atomic E-state index is 0.778. The van der Waals surface area contributed by atoms with Crippen LogP contribution >= 0.6 is 0 Å². The maximum absolute atomic E-state index is 5.62. The van der Waals surface area contributed by atoms with E-state index in [9.17, 15) is 0 Å². The van der Waals surface area contributed by atoms with E-state index in [0.717, 1.165) is 17.7 Å². The van der Waals surface area contributed by atoms with E-state index in [2.05, 4.69) is 6.58 Å². The van der Waals surface area contributed by atoms with Crippen LogP contribution in [0.15, 0.2) is 36.1 Å². The molecule has 0 amide bonds. The summed E-state index contributed by atoms with van der Waals surface area (Å²) in [5, 5.41) is 0. The van der Waals surface area contributed by atoms with Crippen LogP contribution in [-0.2, 0) is 0 Å². The molecule has 0 aliphatic rings. The molecular formula is C11H21N. The van der Waals surface area contributed by atoms with Gasteiger partial charge in [0, 0.05) is 5.70 Å². The summed E-state index contributed by atoms with van der Waals surface area (Å²) in [7, 11) is 0. The zero-order valence-electron chi connectivity index (χ0n) is 8.72. The molecule has 0 fully saturated rings. The van der Waals surface area contributed by atoms with Crippen LogP contribution in [0.25, 0.3) is 0 Å². The fraction of sp³-hybridized carbons (Fsp3) is 0.455. The van der Waals surface area contributed by atoms with Gasteiger partial charge in [0.25, 0.3) is 0 Å². The molecule has 70 valence electrons. The first-order valence-electron chi connectivity index (χ1n) is 4.49. The van der Waals surface area contributed by atoms with Crippen LogP contribution in [0.1, 0.15) is 34.1 Å². The number of nitrogens with two attached hydrogens (primary N) is 1. The molecule has 0 heterocycles.